The summed E-state index contributed by atoms with van der Waals surface area (Å²) in [6.45, 7) is 3.61. The maximum absolute atomic E-state index is 12.9. The molecule has 1 aromatic carbocycles. The van der Waals surface area contributed by atoms with Gasteiger partial charge in [0.2, 0.25) is 11.8 Å². The van der Waals surface area contributed by atoms with Gasteiger partial charge in [0.25, 0.3) is 0 Å². The average molecular weight is 385 g/mol. The van der Waals surface area contributed by atoms with E-state index in [0.29, 0.717) is 26.1 Å². The molecule has 3 heterocycles. The number of hydrogen-bond acceptors (Lipinski definition) is 4. The van der Waals surface area contributed by atoms with Gasteiger partial charge >= 0.3 is 0 Å². The molecule has 2 amide bonds. The Morgan fingerprint density at radius 1 is 1.26 bits per heavy atom. The van der Waals surface area contributed by atoms with E-state index in [2.05, 4.69) is 5.32 Å². The zero-order valence-electron chi connectivity index (χ0n) is 15.4. The van der Waals surface area contributed by atoms with E-state index in [1.807, 2.05) is 53.6 Å². The number of carbonyl (C=O) groups excluding carboxylic acids is 2. The van der Waals surface area contributed by atoms with Gasteiger partial charge in [0.15, 0.2) is 0 Å². The van der Waals surface area contributed by atoms with Crippen LogP contribution in [0.1, 0.15) is 22.4 Å². The maximum atomic E-state index is 12.9. The minimum atomic E-state index is -0.292. The van der Waals surface area contributed by atoms with E-state index in [1.165, 1.54) is 5.56 Å². The van der Waals surface area contributed by atoms with E-state index in [9.17, 15) is 9.59 Å². The number of rotatable bonds is 5. The van der Waals surface area contributed by atoms with Crippen LogP contribution in [0.5, 0.6) is 0 Å². The molecule has 3 unspecified atom stereocenters. The van der Waals surface area contributed by atoms with Crippen molar-refractivity contribution in [1.82, 2.24) is 10.2 Å². The number of thiophene rings is 1. The monoisotopic (exact) mass is 384 g/mol. The second-order valence-corrected chi connectivity index (χ2v) is 8.34. The van der Waals surface area contributed by atoms with Crippen LogP contribution in [0.2, 0.25) is 0 Å². The number of nitrogens with one attached hydrogen (secondary N) is 1. The van der Waals surface area contributed by atoms with Crippen molar-refractivity contribution in [1.29, 1.82) is 0 Å². The Morgan fingerprint density at radius 3 is 2.81 bits per heavy atom. The van der Waals surface area contributed by atoms with Crippen LogP contribution in [0.4, 0.5) is 0 Å². The minimum absolute atomic E-state index is 0.0143. The van der Waals surface area contributed by atoms with Crippen LogP contribution in [0, 0.1) is 12.8 Å². The molecule has 0 spiro atoms. The summed E-state index contributed by atoms with van der Waals surface area (Å²) >= 11 is 1.62. The lowest BCUT2D eigenvalue weighted by Gasteiger charge is -2.22. The number of ether oxygens (including phenoxy) is 1. The first-order valence-corrected chi connectivity index (χ1v) is 10.3. The first-order chi connectivity index (χ1) is 13.1. The van der Waals surface area contributed by atoms with Gasteiger partial charge in [0.1, 0.15) is 0 Å². The molecule has 2 fully saturated rings. The number of amides is 2. The highest BCUT2D eigenvalue weighted by molar-refractivity contribution is 7.09. The van der Waals surface area contributed by atoms with Gasteiger partial charge in [-0.25, -0.2) is 0 Å². The Morgan fingerprint density at radius 2 is 2.07 bits per heavy atom. The topological polar surface area (TPSA) is 58.6 Å². The van der Waals surface area contributed by atoms with Gasteiger partial charge in [0, 0.05) is 18.0 Å². The van der Waals surface area contributed by atoms with E-state index in [1.54, 1.807) is 11.3 Å². The third-order valence-corrected chi connectivity index (χ3v) is 6.32. The molecule has 142 valence electrons. The summed E-state index contributed by atoms with van der Waals surface area (Å²) < 4.78 is 5.84. The van der Waals surface area contributed by atoms with Crippen LogP contribution in [-0.2, 0) is 27.3 Å². The van der Waals surface area contributed by atoms with E-state index in [0.717, 1.165) is 16.9 Å². The van der Waals surface area contributed by atoms with Crippen molar-refractivity contribution < 1.29 is 14.3 Å². The normalized spacial score (nSPS) is 24.0. The van der Waals surface area contributed by atoms with Gasteiger partial charge in [-0.05, 0) is 30.4 Å². The fourth-order valence-electron chi connectivity index (χ4n) is 3.99. The zero-order valence-corrected chi connectivity index (χ0v) is 16.2. The zero-order chi connectivity index (χ0) is 18.8. The summed E-state index contributed by atoms with van der Waals surface area (Å²) in [5.74, 6) is -0.238. The average Bonchev–Trinajstić information content (AvgIpc) is 3.39. The SMILES string of the molecule is Cc1ccc(CC(=O)N2CC(C(=O)NCc3cccs3)C3OCCC32)cc1. The van der Waals surface area contributed by atoms with Crippen molar-refractivity contribution in [3.8, 4) is 0 Å². The molecule has 2 aliphatic heterocycles. The number of nitrogens with zero attached hydrogens (tertiary/aromatic N) is 1. The molecule has 0 saturated carbocycles. The Hall–Kier alpha value is -2.18. The fourth-order valence-corrected chi connectivity index (χ4v) is 4.63. The number of fused-ring (bicyclic) bond motifs is 1. The van der Waals surface area contributed by atoms with Crippen LogP contribution in [0.25, 0.3) is 0 Å². The number of likely N-dealkylation sites (tertiary alicyclic amines) is 1. The summed E-state index contributed by atoms with van der Waals surface area (Å²) in [6.07, 6.45) is 0.988. The van der Waals surface area contributed by atoms with Gasteiger partial charge in [0.05, 0.1) is 31.0 Å². The molecule has 1 aromatic heterocycles. The molecule has 5 nitrogen and oxygen atoms in total. The van der Waals surface area contributed by atoms with Crippen molar-refractivity contribution in [2.45, 2.75) is 38.5 Å². The molecule has 2 aromatic rings. The van der Waals surface area contributed by atoms with Crippen LogP contribution in [0.15, 0.2) is 41.8 Å². The summed E-state index contributed by atoms with van der Waals surface area (Å²) in [7, 11) is 0. The maximum Gasteiger partial charge on any atom is 0.227 e. The lowest BCUT2D eigenvalue weighted by Crippen LogP contribution is -2.38. The van der Waals surface area contributed by atoms with Crippen LogP contribution >= 0.6 is 11.3 Å². The molecule has 1 N–H and O–H groups in total. The van der Waals surface area contributed by atoms with Gasteiger partial charge in [-0.2, -0.15) is 0 Å². The summed E-state index contributed by atoms with van der Waals surface area (Å²) in [5.41, 5.74) is 2.19. The molecule has 4 rings (SSSR count). The molecule has 6 heteroatoms. The Labute approximate surface area is 163 Å². The summed E-state index contributed by atoms with van der Waals surface area (Å²) in [4.78, 5) is 28.6. The molecular formula is C21H24N2O3S. The van der Waals surface area contributed by atoms with Crippen LogP contribution in [-0.4, -0.2) is 42.0 Å². The van der Waals surface area contributed by atoms with Crippen LogP contribution in [0.3, 0.4) is 0 Å². The Balaban J connectivity index is 1.41. The quantitative estimate of drug-likeness (QED) is 0.862. The van der Waals surface area contributed by atoms with E-state index >= 15 is 0 Å². The van der Waals surface area contributed by atoms with Gasteiger partial charge in [-0.15, -0.1) is 11.3 Å². The third-order valence-electron chi connectivity index (χ3n) is 5.44. The molecule has 2 aliphatic rings. The smallest absolute Gasteiger partial charge is 0.227 e. The lowest BCUT2D eigenvalue weighted by atomic mass is 10.0. The number of benzene rings is 1. The number of hydrogen-bond donors (Lipinski definition) is 1. The Bertz CT molecular complexity index is 803. The van der Waals surface area contributed by atoms with Gasteiger partial charge < -0.3 is 15.0 Å². The lowest BCUT2D eigenvalue weighted by molar-refractivity contribution is -0.131. The van der Waals surface area contributed by atoms with Crippen LogP contribution < -0.4 is 5.32 Å². The predicted octanol–water partition coefficient (Wildman–Crippen LogP) is 2.53. The highest BCUT2D eigenvalue weighted by Crippen LogP contribution is 2.34. The first-order valence-electron chi connectivity index (χ1n) is 9.38. The molecule has 2 saturated heterocycles. The fraction of sp³-hybridized carbons (Fsp3) is 0.429. The first kappa shape index (κ1) is 18.2. The second kappa shape index (κ2) is 7.82. The molecule has 0 aliphatic carbocycles. The third kappa shape index (κ3) is 3.92. The molecule has 0 bridgehead atoms. The van der Waals surface area contributed by atoms with Gasteiger partial charge in [-0.1, -0.05) is 35.9 Å². The van der Waals surface area contributed by atoms with E-state index in [-0.39, 0.29) is 29.9 Å². The van der Waals surface area contributed by atoms with E-state index in [4.69, 9.17) is 4.74 Å². The minimum Gasteiger partial charge on any atom is -0.375 e. The Kier molecular flexibility index (Phi) is 5.27. The van der Waals surface area contributed by atoms with Crippen molar-refractivity contribution in [3.05, 3.63) is 57.8 Å². The summed E-state index contributed by atoms with van der Waals surface area (Å²) in [5, 5.41) is 5.01. The second-order valence-electron chi connectivity index (χ2n) is 7.30. The largest absolute Gasteiger partial charge is 0.375 e. The summed E-state index contributed by atoms with van der Waals surface area (Å²) in [6, 6.07) is 12.0. The van der Waals surface area contributed by atoms with Crippen molar-refractivity contribution >= 4 is 23.2 Å². The molecule has 3 atom stereocenters. The highest BCUT2D eigenvalue weighted by Gasteiger charge is 2.50. The van der Waals surface area contributed by atoms with Crippen molar-refractivity contribution in [3.63, 3.8) is 0 Å². The molecular weight excluding hydrogens is 360 g/mol. The number of aryl methyl sites for hydroxylation is 1. The van der Waals surface area contributed by atoms with Gasteiger partial charge in [-0.3, -0.25) is 9.59 Å². The van der Waals surface area contributed by atoms with Crippen molar-refractivity contribution in [2.24, 2.45) is 5.92 Å². The number of carbonyl (C=O) groups is 2. The molecule has 0 radical (unpaired) electrons. The standard InChI is InChI=1S/C21H24N2O3S/c1-14-4-6-15(7-5-14)11-19(24)23-13-17(20-18(23)8-9-26-20)21(25)22-12-16-3-2-10-27-16/h2-7,10,17-18,20H,8-9,11-13H2,1H3,(H,22,25). The molecule has 27 heavy (non-hydrogen) atoms. The highest BCUT2D eigenvalue weighted by atomic mass is 32.1. The predicted molar refractivity (Wildman–Crippen MR) is 104 cm³/mol. The van der Waals surface area contributed by atoms with E-state index < -0.39 is 0 Å². The van der Waals surface area contributed by atoms with Crippen molar-refractivity contribution in [2.75, 3.05) is 13.2 Å².